The largest absolute Gasteiger partial charge is 0.394 e. The molecule has 0 aliphatic heterocycles. The Morgan fingerprint density at radius 1 is 1.12 bits per heavy atom. The van der Waals surface area contributed by atoms with Gasteiger partial charge in [0, 0.05) is 23.7 Å². The van der Waals surface area contributed by atoms with E-state index in [0.29, 0.717) is 34.3 Å². The molecule has 0 unspecified atom stereocenters. The van der Waals surface area contributed by atoms with Gasteiger partial charge in [-0.15, -0.1) is 0 Å². The topological polar surface area (TPSA) is 135 Å². The van der Waals surface area contributed by atoms with Crippen molar-refractivity contribution >= 4 is 55.5 Å². The van der Waals surface area contributed by atoms with E-state index in [1.807, 2.05) is 35.0 Å². The highest BCUT2D eigenvalue weighted by molar-refractivity contribution is 7.22. The van der Waals surface area contributed by atoms with E-state index in [9.17, 15) is 14.7 Å². The Morgan fingerprint density at radius 2 is 1.98 bits per heavy atom. The van der Waals surface area contributed by atoms with Gasteiger partial charge in [0.1, 0.15) is 11.4 Å². The van der Waals surface area contributed by atoms with E-state index in [0.717, 1.165) is 47.0 Å². The molecule has 0 radical (unpaired) electrons. The molecule has 40 heavy (non-hydrogen) atoms. The van der Waals surface area contributed by atoms with Crippen LogP contribution in [0.4, 0.5) is 5.13 Å². The summed E-state index contributed by atoms with van der Waals surface area (Å²) in [6.07, 6.45) is 7.14. The van der Waals surface area contributed by atoms with Crippen molar-refractivity contribution in [2.45, 2.75) is 44.7 Å². The van der Waals surface area contributed by atoms with Crippen LogP contribution in [0.5, 0.6) is 0 Å². The zero-order chi connectivity index (χ0) is 27.6. The predicted octanol–water partition coefficient (Wildman–Crippen LogP) is 4.86. The molecule has 1 aliphatic rings. The average Bonchev–Trinajstić information content (AvgIpc) is 3.72. The van der Waals surface area contributed by atoms with Crippen molar-refractivity contribution in [3.63, 3.8) is 0 Å². The highest BCUT2D eigenvalue weighted by Gasteiger charge is 2.29. The summed E-state index contributed by atoms with van der Waals surface area (Å²) < 4.78 is 2.64. The zero-order valence-corrected chi connectivity index (χ0v) is 23.4. The van der Waals surface area contributed by atoms with Crippen molar-refractivity contribution in [3.05, 3.63) is 70.2 Å². The number of hydrogen-bond acceptors (Lipinski definition) is 8. The standard InChI is InChI=1S/C29H30N6O3S2/c30-29-33-21-9-8-17(13-23(21)40-29)14-31-27(37)20-7-4-11-35-25(24(34-26(20)35)19-10-12-39-16-19)28(38)32-22(15-36)18-5-2-1-3-6-18/h4,7-13,16,18,22,36H,1-3,5-6,14-15H2,(H2,30,33)(H,31,37)(H,32,38)/t22-/m1/s1. The number of nitrogens with two attached hydrogens (primary N) is 1. The number of carbonyl (C=O) groups is 2. The molecule has 9 nitrogen and oxygen atoms in total. The lowest BCUT2D eigenvalue weighted by Crippen LogP contribution is -2.44. The number of aromatic nitrogens is 3. The van der Waals surface area contributed by atoms with Gasteiger partial charge in [0.05, 0.1) is 28.4 Å². The van der Waals surface area contributed by atoms with E-state index in [1.54, 1.807) is 22.7 Å². The molecule has 11 heteroatoms. The molecular formula is C29H30N6O3S2. The summed E-state index contributed by atoms with van der Waals surface area (Å²) in [5.41, 5.74) is 10.0. The number of fused-ring (bicyclic) bond motifs is 2. The van der Waals surface area contributed by atoms with Crippen molar-refractivity contribution in [2.24, 2.45) is 5.92 Å². The molecule has 206 valence electrons. The number of aliphatic hydroxyl groups is 1. The summed E-state index contributed by atoms with van der Waals surface area (Å²) in [7, 11) is 0. The predicted molar refractivity (Wildman–Crippen MR) is 159 cm³/mol. The number of rotatable bonds is 8. The maximum Gasteiger partial charge on any atom is 0.270 e. The number of anilines is 1. The van der Waals surface area contributed by atoms with E-state index in [2.05, 4.69) is 15.6 Å². The number of amides is 2. The molecule has 2 amide bonds. The molecule has 0 spiro atoms. The average molecular weight is 575 g/mol. The molecule has 4 heterocycles. The van der Waals surface area contributed by atoms with Crippen LogP contribution in [-0.2, 0) is 6.54 Å². The van der Waals surface area contributed by atoms with Crippen LogP contribution < -0.4 is 16.4 Å². The normalized spacial score (nSPS) is 14.9. The monoisotopic (exact) mass is 574 g/mol. The van der Waals surface area contributed by atoms with Crippen LogP contribution in [0.25, 0.3) is 27.1 Å². The molecule has 1 saturated carbocycles. The van der Waals surface area contributed by atoms with E-state index in [-0.39, 0.29) is 30.4 Å². The Balaban J connectivity index is 1.30. The maximum atomic E-state index is 13.8. The minimum Gasteiger partial charge on any atom is -0.394 e. The van der Waals surface area contributed by atoms with E-state index >= 15 is 0 Å². The Labute approximate surface area is 239 Å². The lowest BCUT2D eigenvalue weighted by Gasteiger charge is -2.29. The highest BCUT2D eigenvalue weighted by Crippen LogP contribution is 2.30. The fourth-order valence-electron chi connectivity index (χ4n) is 5.52. The molecule has 0 bridgehead atoms. The quantitative estimate of drug-likeness (QED) is 0.209. The minimum atomic E-state index is -0.327. The first-order chi connectivity index (χ1) is 19.5. The molecular weight excluding hydrogens is 544 g/mol. The first kappa shape index (κ1) is 26.4. The van der Waals surface area contributed by atoms with Crippen molar-refractivity contribution in [1.29, 1.82) is 0 Å². The number of carbonyl (C=O) groups excluding carboxylic acids is 2. The number of imidazole rings is 1. The molecule has 0 saturated heterocycles. The number of benzene rings is 1. The summed E-state index contributed by atoms with van der Waals surface area (Å²) in [5.74, 6) is -0.361. The molecule has 4 aromatic heterocycles. The Kier molecular flexibility index (Phi) is 7.50. The third-order valence-electron chi connectivity index (χ3n) is 7.56. The number of thiophene rings is 1. The molecule has 6 rings (SSSR count). The van der Waals surface area contributed by atoms with Crippen LogP contribution in [0.1, 0.15) is 58.5 Å². The molecule has 5 aromatic rings. The van der Waals surface area contributed by atoms with Gasteiger partial charge in [0.2, 0.25) is 0 Å². The van der Waals surface area contributed by atoms with Gasteiger partial charge in [-0.2, -0.15) is 11.3 Å². The van der Waals surface area contributed by atoms with Crippen LogP contribution >= 0.6 is 22.7 Å². The molecule has 1 aliphatic carbocycles. The zero-order valence-electron chi connectivity index (χ0n) is 21.8. The van der Waals surface area contributed by atoms with Gasteiger partial charge in [-0.3, -0.25) is 14.0 Å². The Bertz CT molecular complexity index is 1670. The third-order valence-corrected chi connectivity index (χ3v) is 9.09. The summed E-state index contributed by atoms with van der Waals surface area (Å²) >= 11 is 2.92. The van der Waals surface area contributed by atoms with Crippen molar-refractivity contribution in [1.82, 2.24) is 25.0 Å². The number of nitrogens with zero attached hydrogens (tertiary/aromatic N) is 3. The third kappa shape index (κ3) is 5.19. The van der Waals surface area contributed by atoms with Crippen molar-refractivity contribution < 1.29 is 14.7 Å². The maximum absolute atomic E-state index is 13.8. The lowest BCUT2D eigenvalue weighted by atomic mass is 9.84. The first-order valence-corrected chi connectivity index (χ1v) is 15.2. The van der Waals surface area contributed by atoms with Crippen LogP contribution in [-0.4, -0.2) is 43.9 Å². The number of hydrogen-bond donors (Lipinski definition) is 4. The van der Waals surface area contributed by atoms with E-state index in [4.69, 9.17) is 10.7 Å². The Hall–Kier alpha value is -3.80. The fourth-order valence-corrected chi connectivity index (χ4v) is 6.96. The summed E-state index contributed by atoms with van der Waals surface area (Å²) in [4.78, 5) is 36.2. The molecule has 1 atom stereocenters. The van der Waals surface area contributed by atoms with E-state index < -0.39 is 0 Å². The number of nitrogen functional groups attached to an aromatic ring is 1. The SMILES string of the molecule is Nc1nc2ccc(CNC(=O)c3cccn4c(C(=O)N[C@H](CO)C5CCCCC5)c(-c5ccsc5)nc34)cc2s1. The van der Waals surface area contributed by atoms with Gasteiger partial charge in [0.25, 0.3) is 11.8 Å². The molecule has 5 N–H and O–H groups in total. The number of nitrogens with one attached hydrogen (secondary N) is 2. The summed E-state index contributed by atoms with van der Waals surface area (Å²) in [6, 6.07) is 10.8. The second-order valence-corrected chi connectivity index (χ2v) is 12.0. The van der Waals surface area contributed by atoms with Gasteiger partial charge >= 0.3 is 0 Å². The lowest BCUT2D eigenvalue weighted by molar-refractivity contribution is 0.0864. The molecule has 1 aromatic carbocycles. The van der Waals surface area contributed by atoms with Gasteiger partial charge in [-0.1, -0.05) is 36.7 Å². The summed E-state index contributed by atoms with van der Waals surface area (Å²) in [5, 5.41) is 20.6. The van der Waals surface area contributed by atoms with E-state index in [1.165, 1.54) is 29.1 Å². The van der Waals surface area contributed by atoms with Gasteiger partial charge in [-0.25, -0.2) is 9.97 Å². The van der Waals surface area contributed by atoms with Crippen LogP contribution in [0.15, 0.2) is 53.4 Å². The van der Waals surface area contributed by atoms with Crippen LogP contribution in [0.2, 0.25) is 0 Å². The van der Waals surface area contributed by atoms with Gasteiger partial charge in [0.15, 0.2) is 10.8 Å². The van der Waals surface area contributed by atoms with Gasteiger partial charge < -0.3 is 21.5 Å². The number of pyridine rings is 1. The van der Waals surface area contributed by atoms with Crippen LogP contribution in [0, 0.1) is 5.92 Å². The number of aliphatic hydroxyl groups excluding tert-OH is 1. The Morgan fingerprint density at radius 3 is 2.75 bits per heavy atom. The van der Waals surface area contributed by atoms with Crippen LogP contribution in [0.3, 0.4) is 0 Å². The fraction of sp³-hybridized carbons (Fsp3) is 0.310. The smallest absolute Gasteiger partial charge is 0.270 e. The first-order valence-electron chi connectivity index (χ1n) is 13.4. The van der Waals surface area contributed by atoms with Crippen molar-refractivity contribution in [3.8, 4) is 11.3 Å². The second kappa shape index (κ2) is 11.4. The number of thiazole rings is 1. The second-order valence-electron chi connectivity index (χ2n) is 10.1. The summed E-state index contributed by atoms with van der Waals surface area (Å²) in [6.45, 7) is 0.202. The highest BCUT2D eigenvalue weighted by atomic mass is 32.1. The van der Waals surface area contributed by atoms with Gasteiger partial charge in [-0.05, 0) is 60.0 Å². The van der Waals surface area contributed by atoms with Crippen molar-refractivity contribution in [2.75, 3.05) is 12.3 Å². The minimum absolute atomic E-state index is 0.117. The molecule has 1 fully saturated rings.